The molecule has 1 amide bonds. The number of nitrogens with one attached hydrogen (secondary N) is 1. The summed E-state index contributed by atoms with van der Waals surface area (Å²) in [6.07, 6.45) is -0.134. The number of rotatable bonds is 8. The molecule has 0 spiro atoms. The lowest BCUT2D eigenvalue weighted by atomic mass is 9.54. The minimum atomic E-state index is -2.92. The van der Waals surface area contributed by atoms with Gasteiger partial charge in [-0.3, -0.25) is 4.79 Å². The van der Waals surface area contributed by atoms with Gasteiger partial charge in [0, 0.05) is 18.4 Å². The van der Waals surface area contributed by atoms with Crippen LogP contribution in [0.15, 0.2) is 24.3 Å². The minimum Gasteiger partial charge on any atom is -0.479 e. The predicted molar refractivity (Wildman–Crippen MR) is 89.1 cm³/mol. The lowest BCUT2D eigenvalue weighted by Gasteiger charge is -2.58. The van der Waals surface area contributed by atoms with Crippen molar-refractivity contribution in [2.45, 2.75) is 51.9 Å². The second-order valence-corrected chi connectivity index (χ2v) is 6.83. The number of aliphatic carboxylic acids is 1. The third-order valence-electron chi connectivity index (χ3n) is 5.00. The molecule has 1 aliphatic rings. The molecule has 1 saturated carbocycles. The van der Waals surface area contributed by atoms with Gasteiger partial charge in [-0.15, -0.1) is 0 Å². The number of carbonyl (C=O) groups is 2. The zero-order valence-corrected chi connectivity index (χ0v) is 14.9. The summed E-state index contributed by atoms with van der Waals surface area (Å²) < 4.78 is 34.1. The summed E-state index contributed by atoms with van der Waals surface area (Å²) in [6, 6.07) is 5.64. The van der Waals surface area contributed by atoms with Crippen LogP contribution in [0.1, 0.15) is 32.8 Å². The van der Waals surface area contributed by atoms with E-state index >= 15 is 0 Å². The SMILES string of the molecule is CCOC1CC(NC(=O)Cc2ccc(OC(F)F)cc2)(C(=O)O)C1(C)C. The maximum atomic E-state index is 12.4. The molecule has 2 atom stereocenters. The Labute approximate surface area is 150 Å². The largest absolute Gasteiger partial charge is 0.479 e. The summed E-state index contributed by atoms with van der Waals surface area (Å²) in [5, 5.41) is 12.3. The molecule has 0 radical (unpaired) electrons. The Bertz CT molecular complexity index is 662. The molecule has 0 heterocycles. The number of alkyl halides is 2. The molecular formula is C18H23F2NO5. The lowest BCUT2D eigenvalue weighted by Crippen LogP contribution is -2.76. The molecular weight excluding hydrogens is 348 g/mol. The summed E-state index contributed by atoms with van der Waals surface area (Å²) in [6.45, 7) is 2.88. The van der Waals surface area contributed by atoms with Crippen LogP contribution in [0, 0.1) is 5.41 Å². The summed E-state index contributed by atoms with van der Waals surface area (Å²) in [5.41, 5.74) is -1.61. The summed E-state index contributed by atoms with van der Waals surface area (Å²) >= 11 is 0. The third kappa shape index (κ3) is 3.80. The van der Waals surface area contributed by atoms with Gasteiger partial charge < -0.3 is 19.9 Å². The van der Waals surface area contributed by atoms with E-state index in [1.165, 1.54) is 24.3 Å². The van der Waals surface area contributed by atoms with Crippen molar-refractivity contribution in [1.29, 1.82) is 0 Å². The highest BCUT2D eigenvalue weighted by atomic mass is 19.3. The molecule has 6 nitrogen and oxygen atoms in total. The second-order valence-electron chi connectivity index (χ2n) is 6.83. The average Bonchev–Trinajstić information content (AvgIpc) is 2.54. The molecule has 0 aliphatic heterocycles. The molecule has 1 aromatic rings. The van der Waals surface area contributed by atoms with E-state index in [1.807, 2.05) is 6.92 Å². The number of hydrogen-bond acceptors (Lipinski definition) is 4. The zero-order chi connectivity index (χ0) is 19.5. The highest BCUT2D eigenvalue weighted by Gasteiger charge is 2.66. The van der Waals surface area contributed by atoms with Crippen molar-refractivity contribution in [3.63, 3.8) is 0 Å². The van der Waals surface area contributed by atoms with Crippen LogP contribution in [-0.2, 0) is 20.7 Å². The van der Waals surface area contributed by atoms with E-state index in [-0.39, 0.29) is 24.7 Å². The van der Waals surface area contributed by atoms with E-state index < -0.39 is 29.4 Å². The lowest BCUT2D eigenvalue weighted by molar-refractivity contribution is -0.194. The molecule has 1 aromatic carbocycles. The maximum Gasteiger partial charge on any atom is 0.387 e. The van der Waals surface area contributed by atoms with Gasteiger partial charge in [0.2, 0.25) is 5.91 Å². The van der Waals surface area contributed by atoms with Crippen molar-refractivity contribution < 1.29 is 33.0 Å². The number of hydrogen-bond donors (Lipinski definition) is 2. The molecule has 0 bridgehead atoms. The van der Waals surface area contributed by atoms with Gasteiger partial charge in [-0.25, -0.2) is 4.79 Å². The van der Waals surface area contributed by atoms with E-state index in [1.54, 1.807) is 13.8 Å². The van der Waals surface area contributed by atoms with Crippen LogP contribution in [0.4, 0.5) is 8.78 Å². The predicted octanol–water partition coefficient (Wildman–Crippen LogP) is 2.61. The molecule has 144 valence electrons. The van der Waals surface area contributed by atoms with E-state index in [9.17, 15) is 23.5 Å². The maximum absolute atomic E-state index is 12.4. The number of ether oxygens (including phenoxy) is 2. The van der Waals surface area contributed by atoms with Gasteiger partial charge in [0.25, 0.3) is 0 Å². The van der Waals surface area contributed by atoms with Crippen molar-refractivity contribution in [2.75, 3.05) is 6.61 Å². The van der Waals surface area contributed by atoms with Crippen molar-refractivity contribution in [2.24, 2.45) is 5.41 Å². The van der Waals surface area contributed by atoms with Gasteiger partial charge in [-0.05, 0) is 24.6 Å². The molecule has 8 heteroatoms. The van der Waals surface area contributed by atoms with Gasteiger partial charge in [-0.1, -0.05) is 26.0 Å². The van der Waals surface area contributed by atoms with Crippen molar-refractivity contribution in [1.82, 2.24) is 5.32 Å². The number of carboxylic acid groups (broad SMARTS) is 1. The van der Waals surface area contributed by atoms with Gasteiger partial charge >= 0.3 is 12.6 Å². The fourth-order valence-electron chi connectivity index (χ4n) is 3.29. The second kappa shape index (κ2) is 7.57. The van der Waals surface area contributed by atoms with Crippen molar-refractivity contribution in [3.05, 3.63) is 29.8 Å². The fraction of sp³-hybridized carbons (Fsp3) is 0.556. The van der Waals surface area contributed by atoms with E-state index in [2.05, 4.69) is 10.1 Å². The third-order valence-corrected chi connectivity index (χ3v) is 5.00. The van der Waals surface area contributed by atoms with Crippen LogP contribution in [0.2, 0.25) is 0 Å². The molecule has 1 aliphatic carbocycles. The van der Waals surface area contributed by atoms with Crippen LogP contribution in [0.5, 0.6) is 5.75 Å². The summed E-state index contributed by atoms with van der Waals surface area (Å²) in [4.78, 5) is 24.2. The topological polar surface area (TPSA) is 84.9 Å². The van der Waals surface area contributed by atoms with Crippen molar-refractivity contribution >= 4 is 11.9 Å². The summed E-state index contributed by atoms with van der Waals surface area (Å²) in [7, 11) is 0. The summed E-state index contributed by atoms with van der Waals surface area (Å²) in [5.74, 6) is -1.57. The smallest absolute Gasteiger partial charge is 0.387 e. The number of benzene rings is 1. The number of carboxylic acids is 1. The zero-order valence-electron chi connectivity index (χ0n) is 14.9. The van der Waals surface area contributed by atoms with Crippen LogP contribution in [0.25, 0.3) is 0 Å². The standard InChI is InChI=1S/C18H23F2NO5/c1-4-25-13-10-18(15(23)24,17(13,2)3)21-14(22)9-11-5-7-12(8-6-11)26-16(19)20/h5-8,13,16H,4,9-10H2,1-3H3,(H,21,22)(H,23,24). The minimum absolute atomic E-state index is 0.00848. The molecule has 26 heavy (non-hydrogen) atoms. The number of carbonyl (C=O) groups excluding carboxylic acids is 1. The first-order chi connectivity index (χ1) is 12.1. The van der Waals surface area contributed by atoms with Crippen molar-refractivity contribution in [3.8, 4) is 5.75 Å². The van der Waals surface area contributed by atoms with Gasteiger partial charge in [0.05, 0.1) is 12.5 Å². The highest BCUT2D eigenvalue weighted by molar-refractivity contribution is 5.90. The van der Waals surface area contributed by atoms with Gasteiger partial charge in [-0.2, -0.15) is 8.78 Å². The monoisotopic (exact) mass is 371 g/mol. The Hall–Kier alpha value is -2.22. The Kier molecular flexibility index (Phi) is 5.85. The Balaban J connectivity index is 2.04. The van der Waals surface area contributed by atoms with Crippen LogP contribution < -0.4 is 10.1 Å². The first-order valence-corrected chi connectivity index (χ1v) is 8.32. The van der Waals surface area contributed by atoms with E-state index in [4.69, 9.17) is 4.74 Å². The first-order valence-electron chi connectivity index (χ1n) is 8.32. The highest BCUT2D eigenvalue weighted by Crippen LogP contribution is 2.51. The average molecular weight is 371 g/mol. The molecule has 0 saturated heterocycles. The normalized spacial score (nSPS) is 24.0. The Morgan fingerprint density at radius 2 is 1.92 bits per heavy atom. The molecule has 2 unspecified atom stereocenters. The molecule has 1 fully saturated rings. The van der Waals surface area contributed by atoms with Crippen LogP contribution in [-0.4, -0.2) is 41.8 Å². The van der Waals surface area contributed by atoms with E-state index in [0.717, 1.165) is 0 Å². The number of amides is 1. The van der Waals surface area contributed by atoms with Crippen LogP contribution in [0.3, 0.4) is 0 Å². The number of halogens is 2. The molecule has 2 rings (SSSR count). The van der Waals surface area contributed by atoms with Gasteiger partial charge in [0.15, 0.2) is 0 Å². The van der Waals surface area contributed by atoms with Crippen LogP contribution >= 0.6 is 0 Å². The first kappa shape index (κ1) is 20.1. The molecule has 0 aromatic heterocycles. The van der Waals surface area contributed by atoms with E-state index in [0.29, 0.717) is 12.2 Å². The van der Waals surface area contributed by atoms with Gasteiger partial charge in [0.1, 0.15) is 11.3 Å². The Morgan fingerprint density at radius 3 is 2.38 bits per heavy atom. The Morgan fingerprint density at radius 1 is 1.31 bits per heavy atom. The quantitative estimate of drug-likeness (QED) is 0.734. The fourth-order valence-corrected chi connectivity index (χ4v) is 3.29. The molecule has 2 N–H and O–H groups in total.